The van der Waals surface area contributed by atoms with Crippen LogP contribution in [-0.4, -0.2) is 23.5 Å². The van der Waals surface area contributed by atoms with Crippen molar-refractivity contribution in [2.75, 3.05) is 17.2 Å². The van der Waals surface area contributed by atoms with Gasteiger partial charge in [0.2, 0.25) is 5.91 Å². The number of amides is 1. The molecule has 0 aromatic heterocycles. The van der Waals surface area contributed by atoms with Crippen molar-refractivity contribution in [2.24, 2.45) is 5.92 Å². The van der Waals surface area contributed by atoms with Crippen LogP contribution in [0.1, 0.15) is 13.8 Å². The van der Waals surface area contributed by atoms with E-state index in [9.17, 15) is 9.59 Å². The monoisotopic (exact) mass is 614 g/mol. The van der Waals surface area contributed by atoms with Crippen LogP contribution >= 0.6 is 67.8 Å². The molecule has 0 fully saturated rings. The maximum Gasteiger partial charge on any atom is 0.308 e. The number of carboxylic acids is 1. The number of hydrogen-bond donors (Lipinski definition) is 2. The normalized spacial score (nSPS) is 12.1. The van der Waals surface area contributed by atoms with Crippen LogP contribution in [0.3, 0.4) is 0 Å². The van der Waals surface area contributed by atoms with Crippen molar-refractivity contribution >= 4 is 91.0 Å². The van der Waals surface area contributed by atoms with Gasteiger partial charge in [-0.2, -0.15) is 0 Å². The summed E-state index contributed by atoms with van der Waals surface area (Å²) in [4.78, 5) is 24.4. The summed E-state index contributed by atoms with van der Waals surface area (Å²) in [6.07, 6.45) is 0. The number of halogens is 3. The third kappa shape index (κ3) is 4.08. The van der Waals surface area contributed by atoms with Crippen molar-refractivity contribution in [3.63, 3.8) is 0 Å². The number of anilines is 2. The Hall–Kier alpha value is 0.150. The lowest BCUT2D eigenvalue weighted by molar-refractivity contribution is -0.140. The Kier molecular flexibility index (Phi) is 6.76. The molecule has 0 bridgehead atoms. The van der Waals surface area contributed by atoms with E-state index in [1.165, 1.54) is 11.8 Å². The van der Waals surface area contributed by atoms with Gasteiger partial charge < -0.3 is 15.7 Å². The second kappa shape index (κ2) is 7.42. The fraction of sp³-hybridized carbons (Fsp3) is 0.333. The van der Waals surface area contributed by atoms with E-state index in [1.807, 2.05) is 6.07 Å². The first kappa shape index (κ1) is 18.2. The summed E-state index contributed by atoms with van der Waals surface area (Å²) < 4.78 is 2.56. The van der Waals surface area contributed by atoms with E-state index in [1.54, 1.807) is 6.92 Å². The number of carbonyl (C=O) groups excluding carboxylic acids is 1. The van der Waals surface area contributed by atoms with Crippen LogP contribution in [0.4, 0.5) is 11.4 Å². The highest BCUT2D eigenvalue weighted by Gasteiger charge is 2.24. The third-order valence-corrected chi connectivity index (χ3v) is 5.52. The minimum absolute atomic E-state index is 0.122. The summed E-state index contributed by atoms with van der Waals surface area (Å²) >= 11 is 6.36. The zero-order chi connectivity index (χ0) is 15.6. The van der Waals surface area contributed by atoms with E-state index in [-0.39, 0.29) is 12.5 Å². The van der Waals surface area contributed by atoms with Crippen LogP contribution in [0.5, 0.6) is 0 Å². The number of benzene rings is 1. The molecule has 1 atom stereocenters. The molecule has 0 aliphatic heterocycles. The molecular weight excluding hydrogens is 601 g/mol. The minimum Gasteiger partial charge on any atom is -0.481 e. The number of nitrogens with zero attached hydrogens (tertiary/aromatic N) is 1. The summed E-state index contributed by atoms with van der Waals surface area (Å²) in [5.41, 5.74) is 7.30. The summed E-state index contributed by atoms with van der Waals surface area (Å²) in [6.45, 7) is 3.12. The third-order valence-electron chi connectivity index (χ3n) is 2.71. The maximum atomic E-state index is 11.9. The Morgan fingerprint density at radius 3 is 2.35 bits per heavy atom. The lowest BCUT2D eigenvalue weighted by atomic mass is 10.1. The first-order chi connectivity index (χ1) is 9.16. The lowest BCUT2D eigenvalue weighted by Gasteiger charge is -2.26. The average molecular weight is 614 g/mol. The van der Waals surface area contributed by atoms with Gasteiger partial charge in [-0.15, -0.1) is 0 Å². The zero-order valence-electron chi connectivity index (χ0n) is 10.8. The predicted molar refractivity (Wildman–Crippen MR) is 104 cm³/mol. The molecule has 0 spiro atoms. The summed E-state index contributed by atoms with van der Waals surface area (Å²) in [7, 11) is 0. The molecule has 0 saturated heterocycles. The van der Waals surface area contributed by atoms with Crippen molar-refractivity contribution in [1.82, 2.24) is 0 Å². The van der Waals surface area contributed by atoms with Gasteiger partial charge >= 0.3 is 5.97 Å². The van der Waals surface area contributed by atoms with Gasteiger partial charge in [-0.1, -0.05) is 6.92 Å². The smallest absolute Gasteiger partial charge is 0.308 e. The second-order valence-electron chi connectivity index (χ2n) is 4.29. The van der Waals surface area contributed by atoms with Gasteiger partial charge in [-0.3, -0.25) is 9.59 Å². The standard InChI is InChI=1S/C12H13I3N2O3/c1-5(12(19)20)4-17(6(2)18)11-8(14)3-7(13)10(16)9(11)15/h3,5H,4,16H2,1-2H3,(H,19,20)/t5-/m0/s1. The van der Waals surface area contributed by atoms with Gasteiger partial charge in [0.05, 0.1) is 20.9 Å². The Morgan fingerprint density at radius 2 is 1.90 bits per heavy atom. The topological polar surface area (TPSA) is 83.6 Å². The van der Waals surface area contributed by atoms with Gasteiger partial charge in [0.25, 0.3) is 0 Å². The molecule has 0 heterocycles. The molecule has 0 radical (unpaired) electrons. The highest BCUT2D eigenvalue weighted by molar-refractivity contribution is 14.1. The molecular formula is C12H13I3N2O3. The number of carbonyl (C=O) groups is 2. The van der Waals surface area contributed by atoms with E-state index in [0.29, 0.717) is 11.4 Å². The summed E-state index contributed by atoms with van der Waals surface area (Å²) in [6, 6.07) is 1.88. The molecule has 3 N–H and O–H groups in total. The molecule has 5 nitrogen and oxygen atoms in total. The fourth-order valence-corrected chi connectivity index (χ4v) is 5.52. The quantitative estimate of drug-likeness (QED) is 0.404. The van der Waals surface area contributed by atoms with Gasteiger partial charge in [0.15, 0.2) is 0 Å². The lowest BCUT2D eigenvalue weighted by Crippen LogP contribution is -2.36. The van der Waals surface area contributed by atoms with Gasteiger partial charge in [-0.05, 0) is 73.8 Å². The first-order valence-electron chi connectivity index (χ1n) is 5.60. The van der Waals surface area contributed by atoms with E-state index in [2.05, 4.69) is 67.8 Å². The average Bonchev–Trinajstić information content (AvgIpc) is 2.34. The molecule has 110 valence electrons. The molecule has 1 rings (SSSR count). The van der Waals surface area contributed by atoms with Crippen LogP contribution in [-0.2, 0) is 9.59 Å². The van der Waals surface area contributed by atoms with Crippen molar-refractivity contribution in [2.45, 2.75) is 13.8 Å². The van der Waals surface area contributed by atoms with Gasteiger partial charge in [0, 0.05) is 20.6 Å². The number of carboxylic acid groups (broad SMARTS) is 1. The molecule has 1 aromatic carbocycles. The van der Waals surface area contributed by atoms with Crippen LogP contribution < -0.4 is 10.6 Å². The first-order valence-corrected chi connectivity index (χ1v) is 8.84. The highest BCUT2D eigenvalue weighted by atomic mass is 127. The van der Waals surface area contributed by atoms with Gasteiger partial charge in [0.1, 0.15) is 0 Å². The van der Waals surface area contributed by atoms with Crippen molar-refractivity contribution in [3.8, 4) is 0 Å². The Bertz CT molecular complexity index is 563. The number of nitrogens with two attached hydrogens (primary N) is 1. The highest BCUT2D eigenvalue weighted by Crippen LogP contribution is 2.36. The number of aliphatic carboxylic acids is 1. The van der Waals surface area contributed by atoms with Gasteiger partial charge in [-0.25, -0.2) is 0 Å². The Morgan fingerprint density at radius 1 is 1.35 bits per heavy atom. The molecule has 1 amide bonds. The summed E-state index contributed by atoms with van der Waals surface area (Å²) in [5, 5.41) is 9.03. The van der Waals surface area contributed by atoms with Crippen LogP contribution in [0, 0.1) is 16.6 Å². The van der Waals surface area contributed by atoms with Crippen molar-refractivity contribution < 1.29 is 14.7 Å². The van der Waals surface area contributed by atoms with Crippen molar-refractivity contribution in [3.05, 3.63) is 16.8 Å². The molecule has 0 unspecified atom stereocenters. The minimum atomic E-state index is -0.931. The number of nitrogen functional groups attached to an aromatic ring is 1. The van der Waals surface area contributed by atoms with Crippen LogP contribution in [0.25, 0.3) is 0 Å². The fourth-order valence-electron chi connectivity index (χ4n) is 1.57. The number of rotatable bonds is 4. The Balaban J connectivity index is 3.33. The molecule has 0 saturated carbocycles. The number of hydrogen-bond acceptors (Lipinski definition) is 3. The second-order valence-corrected chi connectivity index (χ2v) is 7.69. The van der Waals surface area contributed by atoms with Crippen molar-refractivity contribution in [1.29, 1.82) is 0 Å². The summed E-state index contributed by atoms with van der Waals surface area (Å²) in [5.74, 6) is -1.78. The molecule has 20 heavy (non-hydrogen) atoms. The SMILES string of the molecule is CC(=O)N(C[C@H](C)C(=O)O)c1c(I)cc(I)c(N)c1I. The van der Waals surface area contributed by atoms with E-state index >= 15 is 0 Å². The zero-order valence-corrected chi connectivity index (χ0v) is 17.3. The molecule has 1 aromatic rings. The molecule has 8 heteroatoms. The van der Waals surface area contributed by atoms with E-state index in [0.717, 1.165) is 10.7 Å². The largest absolute Gasteiger partial charge is 0.481 e. The van der Waals surface area contributed by atoms with Crippen LogP contribution in [0.15, 0.2) is 6.07 Å². The Labute approximate surface area is 158 Å². The van der Waals surface area contributed by atoms with Crippen LogP contribution in [0.2, 0.25) is 0 Å². The molecule has 0 aliphatic carbocycles. The predicted octanol–water partition coefficient (Wildman–Crippen LogP) is 3.16. The van der Waals surface area contributed by atoms with E-state index < -0.39 is 11.9 Å². The van der Waals surface area contributed by atoms with E-state index in [4.69, 9.17) is 10.8 Å². The maximum absolute atomic E-state index is 11.9. The molecule has 0 aliphatic rings.